The van der Waals surface area contributed by atoms with Crippen LogP contribution in [0.2, 0.25) is 5.02 Å². The Bertz CT molecular complexity index is 586. The Kier molecular flexibility index (Phi) is 5.02. The Labute approximate surface area is 130 Å². The van der Waals surface area contributed by atoms with Gasteiger partial charge in [0.15, 0.2) is 0 Å². The molecule has 0 aliphatic heterocycles. The second kappa shape index (κ2) is 6.57. The molecular weight excluding hydrogens is 345 g/mol. The fraction of sp³-hybridized carbons (Fsp3) is 0.200. The van der Waals surface area contributed by atoms with E-state index in [1.54, 1.807) is 12.1 Å². The van der Waals surface area contributed by atoms with Crippen molar-refractivity contribution >= 4 is 27.5 Å². The van der Waals surface area contributed by atoms with Gasteiger partial charge in [0.2, 0.25) is 0 Å². The molecule has 0 heterocycles. The van der Waals surface area contributed by atoms with Gasteiger partial charge in [0.25, 0.3) is 0 Å². The Morgan fingerprint density at radius 1 is 1.25 bits per heavy atom. The first-order chi connectivity index (χ1) is 9.47. The standard InChI is InChI=1S/C15H14BrClFNO/c1-9(19)15(13-4-2-3-5-14(13)17)20-12-7-10(16)6-11(18)8-12/h2-9,15H,19H2,1H3. The quantitative estimate of drug-likeness (QED) is 0.859. The van der Waals surface area contributed by atoms with Crippen molar-refractivity contribution in [2.75, 3.05) is 0 Å². The summed E-state index contributed by atoms with van der Waals surface area (Å²) in [6.07, 6.45) is -0.447. The molecule has 2 atom stereocenters. The van der Waals surface area contributed by atoms with Gasteiger partial charge in [-0.05, 0) is 25.1 Å². The van der Waals surface area contributed by atoms with Crippen molar-refractivity contribution in [3.05, 3.63) is 63.3 Å². The molecule has 2 nitrogen and oxygen atoms in total. The van der Waals surface area contributed by atoms with Crippen molar-refractivity contribution in [2.24, 2.45) is 5.73 Å². The molecule has 0 aromatic heterocycles. The molecule has 0 bridgehead atoms. The third-order valence-electron chi connectivity index (χ3n) is 2.79. The van der Waals surface area contributed by atoms with E-state index in [4.69, 9.17) is 22.1 Å². The number of halogens is 3. The van der Waals surface area contributed by atoms with Crippen LogP contribution in [0, 0.1) is 5.82 Å². The molecule has 106 valence electrons. The van der Waals surface area contributed by atoms with Gasteiger partial charge in [0, 0.05) is 27.2 Å². The lowest BCUT2D eigenvalue weighted by atomic mass is 10.0. The van der Waals surface area contributed by atoms with Crippen LogP contribution in [0.1, 0.15) is 18.6 Å². The van der Waals surface area contributed by atoms with Gasteiger partial charge in [-0.2, -0.15) is 0 Å². The average Bonchev–Trinajstić information content (AvgIpc) is 2.35. The number of nitrogens with two attached hydrogens (primary N) is 1. The molecule has 0 aliphatic rings. The van der Waals surface area contributed by atoms with Crippen molar-refractivity contribution in [1.82, 2.24) is 0 Å². The van der Waals surface area contributed by atoms with Gasteiger partial charge in [0.1, 0.15) is 17.7 Å². The molecule has 0 spiro atoms. The summed E-state index contributed by atoms with van der Waals surface area (Å²) in [6.45, 7) is 1.82. The SMILES string of the molecule is CC(N)C(Oc1cc(F)cc(Br)c1)c1ccccc1Cl. The maximum atomic E-state index is 13.4. The van der Waals surface area contributed by atoms with Gasteiger partial charge < -0.3 is 10.5 Å². The summed E-state index contributed by atoms with van der Waals surface area (Å²) in [4.78, 5) is 0. The molecule has 2 unspecified atom stereocenters. The van der Waals surface area contributed by atoms with E-state index in [1.807, 2.05) is 25.1 Å². The first kappa shape index (κ1) is 15.3. The highest BCUT2D eigenvalue weighted by molar-refractivity contribution is 9.10. The van der Waals surface area contributed by atoms with E-state index in [0.29, 0.717) is 15.2 Å². The van der Waals surface area contributed by atoms with Crippen LogP contribution in [0.15, 0.2) is 46.9 Å². The zero-order valence-electron chi connectivity index (χ0n) is 10.8. The maximum absolute atomic E-state index is 13.4. The van der Waals surface area contributed by atoms with Crippen LogP contribution in [0.4, 0.5) is 4.39 Å². The average molecular weight is 359 g/mol. The highest BCUT2D eigenvalue weighted by atomic mass is 79.9. The highest BCUT2D eigenvalue weighted by Crippen LogP contribution is 2.31. The zero-order valence-corrected chi connectivity index (χ0v) is 13.2. The molecule has 2 rings (SSSR count). The molecule has 2 aromatic rings. The van der Waals surface area contributed by atoms with Gasteiger partial charge in [-0.3, -0.25) is 0 Å². The fourth-order valence-electron chi connectivity index (χ4n) is 1.90. The summed E-state index contributed by atoms with van der Waals surface area (Å²) in [6, 6.07) is 11.4. The normalized spacial score (nSPS) is 13.8. The Morgan fingerprint density at radius 2 is 1.95 bits per heavy atom. The molecule has 0 saturated heterocycles. The first-order valence-corrected chi connectivity index (χ1v) is 7.27. The van der Waals surface area contributed by atoms with Gasteiger partial charge >= 0.3 is 0 Å². The predicted molar refractivity (Wildman–Crippen MR) is 82.6 cm³/mol. The smallest absolute Gasteiger partial charge is 0.140 e. The number of hydrogen-bond acceptors (Lipinski definition) is 2. The molecule has 0 saturated carbocycles. The summed E-state index contributed by atoms with van der Waals surface area (Å²) in [7, 11) is 0. The van der Waals surface area contributed by atoms with E-state index in [1.165, 1.54) is 12.1 Å². The number of benzene rings is 2. The second-order valence-corrected chi connectivity index (χ2v) is 5.85. The second-order valence-electron chi connectivity index (χ2n) is 4.52. The lowest BCUT2D eigenvalue weighted by Gasteiger charge is -2.24. The van der Waals surface area contributed by atoms with Crippen LogP contribution < -0.4 is 10.5 Å². The van der Waals surface area contributed by atoms with E-state index in [9.17, 15) is 4.39 Å². The summed E-state index contributed by atoms with van der Waals surface area (Å²) < 4.78 is 19.8. The summed E-state index contributed by atoms with van der Waals surface area (Å²) in [5.74, 6) is 0.0241. The minimum Gasteiger partial charge on any atom is -0.484 e. The minimum atomic E-state index is -0.447. The monoisotopic (exact) mass is 357 g/mol. The number of ether oxygens (including phenoxy) is 1. The van der Waals surface area contributed by atoms with Crippen molar-refractivity contribution < 1.29 is 9.13 Å². The molecule has 0 aliphatic carbocycles. The number of rotatable bonds is 4. The Morgan fingerprint density at radius 3 is 2.55 bits per heavy atom. The fourth-order valence-corrected chi connectivity index (χ4v) is 2.59. The molecule has 2 aromatic carbocycles. The lowest BCUT2D eigenvalue weighted by Crippen LogP contribution is -2.29. The molecular formula is C15H14BrClFNO. The minimum absolute atomic E-state index is 0.294. The van der Waals surface area contributed by atoms with Crippen LogP contribution >= 0.6 is 27.5 Å². The Balaban J connectivity index is 2.33. The predicted octanol–water partition coefficient (Wildman–Crippen LogP) is 4.71. The third-order valence-corrected chi connectivity index (χ3v) is 3.59. The van der Waals surface area contributed by atoms with Crippen LogP contribution in [0.5, 0.6) is 5.75 Å². The molecule has 0 fully saturated rings. The van der Waals surface area contributed by atoms with Gasteiger partial charge in [-0.25, -0.2) is 4.39 Å². The van der Waals surface area contributed by atoms with E-state index in [-0.39, 0.29) is 11.9 Å². The molecule has 0 radical (unpaired) electrons. The summed E-state index contributed by atoms with van der Waals surface area (Å²) >= 11 is 9.41. The number of hydrogen-bond donors (Lipinski definition) is 1. The first-order valence-electron chi connectivity index (χ1n) is 6.10. The van der Waals surface area contributed by atoms with Crippen molar-refractivity contribution in [3.8, 4) is 5.75 Å². The van der Waals surface area contributed by atoms with Crippen molar-refractivity contribution in [2.45, 2.75) is 19.1 Å². The van der Waals surface area contributed by atoms with Gasteiger partial charge in [-0.15, -0.1) is 0 Å². The Hall–Kier alpha value is -1.10. The van der Waals surface area contributed by atoms with E-state index >= 15 is 0 Å². The van der Waals surface area contributed by atoms with E-state index < -0.39 is 6.10 Å². The molecule has 2 N–H and O–H groups in total. The molecule has 0 amide bonds. The lowest BCUT2D eigenvalue weighted by molar-refractivity contribution is 0.180. The van der Waals surface area contributed by atoms with E-state index in [2.05, 4.69) is 15.9 Å². The topological polar surface area (TPSA) is 35.2 Å². The third kappa shape index (κ3) is 3.72. The molecule has 5 heteroatoms. The summed E-state index contributed by atoms with van der Waals surface area (Å²) in [5, 5.41) is 0.574. The van der Waals surface area contributed by atoms with Crippen molar-refractivity contribution in [3.63, 3.8) is 0 Å². The maximum Gasteiger partial charge on any atom is 0.140 e. The largest absolute Gasteiger partial charge is 0.484 e. The van der Waals surface area contributed by atoms with Crippen LogP contribution in [-0.2, 0) is 0 Å². The van der Waals surface area contributed by atoms with Crippen LogP contribution in [0.3, 0.4) is 0 Å². The van der Waals surface area contributed by atoms with Crippen LogP contribution in [0.25, 0.3) is 0 Å². The van der Waals surface area contributed by atoms with Crippen LogP contribution in [-0.4, -0.2) is 6.04 Å². The summed E-state index contributed by atoms with van der Waals surface area (Å²) in [5.41, 5.74) is 6.75. The van der Waals surface area contributed by atoms with Crippen molar-refractivity contribution in [1.29, 1.82) is 0 Å². The zero-order chi connectivity index (χ0) is 14.7. The van der Waals surface area contributed by atoms with Gasteiger partial charge in [-0.1, -0.05) is 45.7 Å². The van der Waals surface area contributed by atoms with Gasteiger partial charge in [0.05, 0.1) is 0 Å². The molecule has 20 heavy (non-hydrogen) atoms. The van der Waals surface area contributed by atoms with E-state index in [0.717, 1.165) is 5.56 Å². The highest BCUT2D eigenvalue weighted by Gasteiger charge is 2.21.